The Kier molecular flexibility index (Phi) is 3.04. The number of hydrogen-bond acceptors (Lipinski definition) is 4. The molecule has 0 spiro atoms. The van der Waals surface area contributed by atoms with Gasteiger partial charge in [-0.25, -0.2) is 0 Å². The summed E-state index contributed by atoms with van der Waals surface area (Å²) < 4.78 is 5.17. The monoisotopic (exact) mass is 297 g/mol. The van der Waals surface area contributed by atoms with Gasteiger partial charge in [-0.2, -0.15) is 0 Å². The zero-order valence-corrected chi connectivity index (χ0v) is 12.6. The first-order chi connectivity index (χ1) is 10.6. The lowest BCUT2D eigenvalue weighted by Crippen LogP contribution is -2.42. The molecule has 1 N–H and O–H groups in total. The van der Waals surface area contributed by atoms with E-state index in [1.165, 1.54) is 6.26 Å². The van der Waals surface area contributed by atoms with Crippen LogP contribution >= 0.6 is 0 Å². The maximum Gasteiger partial charge on any atom is 0.287 e. The maximum absolute atomic E-state index is 12.2. The van der Waals surface area contributed by atoms with E-state index in [0.717, 1.165) is 37.4 Å². The largest absolute Gasteiger partial charge is 0.459 e. The second-order valence-electron chi connectivity index (χ2n) is 6.43. The van der Waals surface area contributed by atoms with Crippen molar-refractivity contribution in [2.75, 3.05) is 13.1 Å². The molecule has 1 aliphatic carbocycles. The summed E-state index contributed by atoms with van der Waals surface area (Å²) in [5, 5.41) is 3.16. The number of aryl methyl sites for hydroxylation is 1. The van der Waals surface area contributed by atoms with Crippen LogP contribution < -0.4 is 5.32 Å². The van der Waals surface area contributed by atoms with Crippen molar-refractivity contribution in [1.82, 2.24) is 15.2 Å². The second kappa shape index (κ2) is 4.95. The highest BCUT2D eigenvalue weighted by Gasteiger charge is 2.60. The quantitative estimate of drug-likeness (QED) is 0.937. The average Bonchev–Trinajstić information content (AvgIpc) is 2.88. The Balaban J connectivity index is 1.39. The molecule has 1 aliphatic heterocycles. The Morgan fingerprint density at radius 2 is 2.36 bits per heavy atom. The number of aromatic nitrogens is 1. The number of likely N-dealkylation sites (tertiary alicyclic amines) is 1. The van der Waals surface area contributed by atoms with Gasteiger partial charge in [0, 0.05) is 25.3 Å². The van der Waals surface area contributed by atoms with Gasteiger partial charge in [-0.05, 0) is 43.5 Å². The van der Waals surface area contributed by atoms with E-state index in [2.05, 4.69) is 21.3 Å². The summed E-state index contributed by atoms with van der Waals surface area (Å²) in [6, 6.07) is 9.55. The van der Waals surface area contributed by atoms with Crippen molar-refractivity contribution in [2.24, 2.45) is 5.92 Å². The Labute approximate surface area is 129 Å². The van der Waals surface area contributed by atoms with Crippen LogP contribution in [0.4, 0.5) is 0 Å². The highest BCUT2D eigenvalue weighted by Crippen LogP contribution is 2.49. The van der Waals surface area contributed by atoms with E-state index in [1.807, 2.05) is 19.1 Å². The molecule has 2 atom stereocenters. The van der Waals surface area contributed by atoms with E-state index >= 15 is 0 Å². The number of furan rings is 1. The topological polar surface area (TPSA) is 58.4 Å². The molecule has 5 heteroatoms. The van der Waals surface area contributed by atoms with Gasteiger partial charge in [0.2, 0.25) is 0 Å². The number of piperidine rings is 1. The van der Waals surface area contributed by atoms with E-state index in [-0.39, 0.29) is 11.4 Å². The van der Waals surface area contributed by atoms with Crippen molar-refractivity contribution in [3.8, 4) is 0 Å². The predicted octanol–water partition coefficient (Wildman–Crippen LogP) is 1.99. The predicted molar refractivity (Wildman–Crippen MR) is 81.3 cm³/mol. The van der Waals surface area contributed by atoms with Crippen molar-refractivity contribution < 1.29 is 9.21 Å². The number of fused-ring (bicyclic) bond motifs is 1. The standard InChI is InChI=1S/C17H19N3O2/c1-12-4-2-5-14(18-12)10-20-9-13-8-17(13,11-20)19-16(21)15-6-3-7-22-15/h2-7,13H,8-11H2,1H3,(H,19,21)/t13-,17-/m0/s1. The van der Waals surface area contributed by atoms with Crippen LogP contribution in [0.3, 0.4) is 0 Å². The summed E-state index contributed by atoms with van der Waals surface area (Å²) in [5.74, 6) is 0.832. The highest BCUT2D eigenvalue weighted by atomic mass is 16.3. The molecular formula is C17H19N3O2. The molecule has 1 amide bonds. The third kappa shape index (κ3) is 2.41. The number of hydrogen-bond donors (Lipinski definition) is 1. The summed E-state index contributed by atoms with van der Waals surface area (Å²) >= 11 is 0. The maximum atomic E-state index is 12.2. The lowest BCUT2D eigenvalue weighted by molar-refractivity contribution is 0.0898. The zero-order chi connectivity index (χ0) is 15.2. The van der Waals surface area contributed by atoms with E-state index in [1.54, 1.807) is 12.1 Å². The van der Waals surface area contributed by atoms with Gasteiger partial charge in [-0.1, -0.05) is 6.07 Å². The number of amides is 1. The summed E-state index contributed by atoms with van der Waals surface area (Å²) in [4.78, 5) is 19.1. The molecule has 2 aliphatic rings. The van der Waals surface area contributed by atoms with Gasteiger partial charge in [-0.3, -0.25) is 14.7 Å². The lowest BCUT2D eigenvalue weighted by atomic mass is 10.2. The fourth-order valence-electron chi connectivity index (χ4n) is 3.51. The SMILES string of the molecule is Cc1cccc(CN2C[C@@H]3C[C@]3(NC(=O)c3ccco3)C2)n1. The lowest BCUT2D eigenvalue weighted by Gasteiger charge is -2.21. The van der Waals surface area contributed by atoms with Gasteiger partial charge >= 0.3 is 0 Å². The van der Waals surface area contributed by atoms with E-state index in [4.69, 9.17) is 4.42 Å². The molecule has 0 radical (unpaired) electrons. The van der Waals surface area contributed by atoms with E-state index < -0.39 is 0 Å². The minimum absolute atomic E-state index is 0.0618. The summed E-state index contributed by atoms with van der Waals surface area (Å²) in [6.45, 7) is 4.76. The molecular weight excluding hydrogens is 278 g/mol. The van der Waals surface area contributed by atoms with Gasteiger partial charge in [0.1, 0.15) is 0 Å². The van der Waals surface area contributed by atoms with Crippen molar-refractivity contribution in [3.05, 3.63) is 53.7 Å². The molecule has 5 nitrogen and oxygen atoms in total. The second-order valence-corrected chi connectivity index (χ2v) is 6.43. The summed E-state index contributed by atoms with van der Waals surface area (Å²) in [6.07, 6.45) is 2.60. The van der Waals surface area contributed by atoms with Crippen LogP contribution in [0.15, 0.2) is 41.0 Å². The van der Waals surface area contributed by atoms with Crippen LogP contribution in [0, 0.1) is 12.8 Å². The van der Waals surface area contributed by atoms with Crippen molar-refractivity contribution in [3.63, 3.8) is 0 Å². The number of rotatable bonds is 4. The Hall–Kier alpha value is -2.14. The number of carbonyl (C=O) groups excluding carboxylic acids is 1. The van der Waals surface area contributed by atoms with Crippen LogP contribution in [0.1, 0.15) is 28.4 Å². The summed E-state index contributed by atoms with van der Waals surface area (Å²) in [5.41, 5.74) is 2.07. The Morgan fingerprint density at radius 1 is 1.45 bits per heavy atom. The minimum Gasteiger partial charge on any atom is -0.459 e. The molecule has 1 saturated heterocycles. The van der Waals surface area contributed by atoms with Crippen LogP contribution in [0.25, 0.3) is 0 Å². The third-order valence-corrected chi connectivity index (χ3v) is 4.66. The van der Waals surface area contributed by atoms with Crippen molar-refractivity contribution >= 4 is 5.91 Å². The number of pyridine rings is 1. The normalized spacial score (nSPS) is 26.7. The van der Waals surface area contributed by atoms with E-state index in [9.17, 15) is 4.79 Å². The van der Waals surface area contributed by atoms with Crippen LogP contribution in [-0.2, 0) is 6.54 Å². The fraction of sp³-hybridized carbons (Fsp3) is 0.412. The number of nitrogens with zero attached hydrogens (tertiary/aromatic N) is 2. The molecule has 3 heterocycles. The Bertz CT molecular complexity index is 698. The van der Waals surface area contributed by atoms with Crippen LogP contribution in [0.2, 0.25) is 0 Å². The number of carbonyl (C=O) groups is 1. The molecule has 0 aromatic carbocycles. The van der Waals surface area contributed by atoms with Gasteiger partial charge in [-0.15, -0.1) is 0 Å². The highest BCUT2D eigenvalue weighted by molar-refractivity contribution is 5.92. The molecule has 2 fully saturated rings. The molecule has 1 saturated carbocycles. The first-order valence-electron chi connectivity index (χ1n) is 7.66. The first-order valence-corrected chi connectivity index (χ1v) is 7.66. The van der Waals surface area contributed by atoms with Crippen molar-refractivity contribution in [1.29, 1.82) is 0 Å². The minimum atomic E-state index is -0.108. The molecule has 2 aromatic heterocycles. The zero-order valence-electron chi connectivity index (χ0n) is 12.6. The van der Waals surface area contributed by atoms with Gasteiger partial charge in [0.15, 0.2) is 5.76 Å². The van der Waals surface area contributed by atoms with Gasteiger partial charge < -0.3 is 9.73 Å². The van der Waals surface area contributed by atoms with Crippen LogP contribution in [0.5, 0.6) is 0 Å². The van der Waals surface area contributed by atoms with Gasteiger partial charge in [0.25, 0.3) is 5.91 Å². The van der Waals surface area contributed by atoms with Crippen molar-refractivity contribution in [2.45, 2.75) is 25.4 Å². The molecule has 0 unspecified atom stereocenters. The molecule has 2 aromatic rings. The average molecular weight is 297 g/mol. The smallest absolute Gasteiger partial charge is 0.287 e. The third-order valence-electron chi connectivity index (χ3n) is 4.66. The molecule has 0 bridgehead atoms. The first kappa shape index (κ1) is 13.5. The van der Waals surface area contributed by atoms with E-state index in [0.29, 0.717) is 11.7 Å². The molecule has 4 rings (SSSR count). The molecule has 22 heavy (non-hydrogen) atoms. The molecule has 114 valence electrons. The Morgan fingerprint density at radius 3 is 3.14 bits per heavy atom. The van der Waals surface area contributed by atoms with Crippen LogP contribution in [-0.4, -0.2) is 34.4 Å². The number of nitrogens with one attached hydrogen (secondary N) is 1. The van der Waals surface area contributed by atoms with Gasteiger partial charge in [0.05, 0.1) is 17.5 Å². The summed E-state index contributed by atoms with van der Waals surface area (Å²) in [7, 11) is 0. The fourth-order valence-corrected chi connectivity index (χ4v) is 3.51.